The Kier molecular flexibility index (Phi) is 2.80. The zero-order valence-corrected chi connectivity index (χ0v) is 10.2. The third-order valence-electron chi connectivity index (χ3n) is 3.70. The summed E-state index contributed by atoms with van der Waals surface area (Å²) in [5.74, 6) is -0.00398. The van der Waals surface area contributed by atoms with Crippen molar-refractivity contribution in [2.24, 2.45) is 0 Å². The van der Waals surface area contributed by atoms with E-state index in [1.165, 1.54) is 12.8 Å². The first-order valence-electron chi connectivity index (χ1n) is 6.37. The van der Waals surface area contributed by atoms with E-state index >= 15 is 0 Å². The van der Waals surface area contributed by atoms with Gasteiger partial charge in [-0.25, -0.2) is 0 Å². The lowest BCUT2D eigenvalue weighted by molar-refractivity contribution is 0.0546. The first kappa shape index (κ1) is 11.3. The predicted octanol–water partition coefficient (Wildman–Crippen LogP) is 0.827. The lowest BCUT2D eigenvalue weighted by Gasteiger charge is -2.38. The fourth-order valence-electron chi connectivity index (χ4n) is 2.57. The molecule has 1 N–H and O–H groups in total. The van der Waals surface area contributed by atoms with Crippen molar-refractivity contribution in [3.8, 4) is 6.07 Å². The first-order chi connectivity index (χ1) is 8.79. The van der Waals surface area contributed by atoms with E-state index in [2.05, 4.69) is 16.0 Å². The molecule has 2 fully saturated rings. The largest absolute Gasteiger partial charge is 0.357 e. The number of H-pyrrole nitrogens is 1. The maximum atomic E-state index is 12.2. The van der Waals surface area contributed by atoms with E-state index in [9.17, 15) is 10.1 Å². The summed E-state index contributed by atoms with van der Waals surface area (Å²) in [4.78, 5) is 19.1. The van der Waals surface area contributed by atoms with E-state index in [1.807, 2.05) is 6.07 Å². The number of aromatic nitrogens is 1. The van der Waals surface area contributed by atoms with Gasteiger partial charge < -0.3 is 9.88 Å². The van der Waals surface area contributed by atoms with Crippen molar-refractivity contribution in [1.82, 2.24) is 14.8 Å². The van der Waals surface area contributed by atoms with E-state index in [-0.39, 0.29) is 11.9 Å². The number of carbonyl (C=O) groups is 1. The molecule has 1 aliphatic heterocycles. The van der Waals surface area contributed by atoms with Gasteiger partial charge in [-0.3, -0.25) is 9.69 Å². The second-order valence-electron chi connectivity index (χ2n) is 4.95. The molecule has 1 unspecified atom stereocenters. The Morgan fingerprint density at radius 1 is 1.44 bits per heavy atom. The summed E-state index contributed by atoms with van der Waals surface area (Å²) in [6, 6.07) is 6.35. The number of nitrogens with one attached hydrogen (secondary N) is 1. The highest BCUT2D eigenvalue weighted by Crippen LogP contribution is 2.30. The lowest BCUT2D eigenvalue weighted by atomic mass is 10.1. The van der Waals surface area contributed by atoms with Crippen molar-refractivity contribution < 1.29 is 4.79 Å². The molecular formula is C13H16N4O. The molecule has 3 rings (SSSR count). The second-order valence-corrected chi connectivity index (χ2v) is 4.95. The van der Waals surface area contributed by atoms with Gasteiger partial charge in [0.2, 0.25) is 0 Å². The maximum absolute atomic E-state index is 12.2. The SMILES string of the molecule is N#CC1CN(C(=O)c2ccc[nH]2)CCN1C1CC1. The van der Waals surface area contributed by atoms with E-state index in [0.717, 1.165) is 6.54 Å². The summed E-state index contributed by atoms with van der Waals surface area (Å²) in [6.45, 7) is 2.05. The Morgan fingerprint density at radius 3 is 2.89 bits per heavy atom. The Hall–Kier alpha value is -1.80. The summed E-state index contributed by atoms with van der Waals surface area (Å²) in [5.41, 5.74) is 0.603. The number of nitriles is 1. The molecule has 2 aliphatic rings. The molecule has 1 aromatic rings. The Morgan fingerprint density at radius 2 is 2.28 bits per heavy atom. The van der Waals surface area contributed by atoms with Crippen LogP contribution in [-0.4, -0.2) is 52.4 Å². The average molecular weight is 244 g/mol. The third kappa shape index (κ3) is 2.00. The number of piperazine rings is 1. The smallest absolute Gasteiger partial charge is 0.270 e. The van der Waals surface area contributed by atoms with E-state index in [0.29, 0.717) is 24.8 Å². The zero-order valence-electron chi connectivity index (χ0n) is 10.2. The van der Waals surface area contributed by atoms with Crippen molar-refractivity contribution in [3.05, 3.63) is 24.0 Å². The van der Waals surface area contributed by atoms with Gasteiger partial charge in [-0.15, -0.1) is 0 Å². The summed E-state index contributed by atoms with van der Waals surface area (Å²) in [6.07, 6.45) is 4.14. The number of hydrogen-bond acceptors (Lipinski definition) is 3. The van der Waals surface area contributed by atoms with Gasteiger partial charge in [0.15, 0.2) is 0 Å². The number of carbonyl (C=O) groups excluding carboxylic acids is 1. The van der Waals surface area contributed by atoms with Crippen LogP contribution in [0.2, 0.25) is 0 Å². The molecule has 1 aliphatic carbocycles. The van der Waals surface area contributed by atoms with E-state index in [4.69, 9.17) is 0 Å². The first-order valence-corrected chi connectivity index (χ1v) is 6.37. The molecule has 1 saturated carbocycles. The molecule has 0 bridgehead atoms. The van der Waals surface area contributed by atoms with Crippen molar-refractivity contribution in [1.29, 1.82) is 5.26 Å². The Balaban J connectivity index is 1.69. The Labute approximate surface area is 106 Å². The highest BCUT2D eigenvalue weighted by Gasteiger charge is 2.38. The molecular weight excluding hydrogens is 228 g/mol. The van der Waals surface area contributed by atoms with Gasteiger partial charge >= 0.3 is 0 Å². The van der Waals surface area contributed by atoms with Crippen LogP contribution in [0.4, 0.5) is 0 Å². The molecule has 1 aromatic heterocycles. The molecule has 5 nitrogen and oxygen atoms in total. The van der Waals surface area contributed by atoms with Crippen molar-refractivity contribution in [3.63, 3.8) is 0 Å². The van der Waals surface area contributed by atoms with Crippen LogP contribution in [0.1, 0.15) is 23.3 Å². The van der Waals surface area contributed by atoms with Crippen LogP contribution in [0.25, 0.3) is 0 Å². The number of rotatable bonds is 2. The molecule has 0 spiro atoms. The van der Waals surface area contributed by atoms with Crippen LogP contribution in [0.15, 0.2) is 18.3 Å². The van der Waals surface area contributed by atoms with Crippen LogP contribution in [-0.2, 0) is 0 Å². The van der Waals surface area contributed by atoms with Gasteiger partial charge in [-0.05, 0) is 25.0 Å². The fourth-order valence-corrected chi connectivity index (χ4v) is 2.57. The van der Waals surface area contributed by atoms with Crippen molar-refractivity contribution >= 4 is 5.91 Å². The third-order valence-corrected chi connectivity index (χ3v) is 3.70. The zero-order chi connectivity index (χ0) is 12.5. The van der Waals surface area contributed by atoms with Crippen LogP contribution in [0.3, 0.4) is 0 Å². The molecule has 0 radical (unpaired) electrons. The molecule has 0 aromatic carbocycles. The Bertz CT molecular complexity index is 472. The van der Waals surface area contributed by atoms with Crippen LogP contribution < -0.4 is 0 Å². The van der Waals surface area contributed by atoms with Gasteiger partial charge in [0.05, 0.1) is 12.6 Å². The maximum Gasteiger partial charge on any atom is 0.270 e. The molecule has 1 amide bonds. The predicted molar refractivity (Wildman–Crippen MR) is 65.8 cm³/mol. The summed E-state index contributed by atoms with van der Waals surface area (Å²) in [7, 11) is 0. The number of amides is 1. The van der Waals surface area contributed by atoms with Gasteiger partial charge in [0.1, 0.15) is 11.7 Å². The summed E-state index contributed by atoms with van der Waals surface area (Å²) >= 11 is 0. The molecule has 18 heavy (non-hydrogen) atoms. The second kappa shape index (κ2) is 4.46. The molecule has 1 saturated heterocycles. The molecule has 94 valence electrons. The minimum absolute atomic E-state index is 0.00398. The summed E-state index contributed by atoms with van der Waals surface area (Å²) < 4.78 is 0. The van der Waals surface area contributed by atoms with Crippen LogP contribution in [0.5, 0.6) is 0 Å². The standard InChI is InChI=1S/C13H16N4O/c14-8-11-9-16(6-7-17(11)10-3-4-10)13(18)12-2-1-5-15-12/h1-2,5,10-11,15H,3-4,6-7,9H2. The number of hydrogen-bond donors (Lipinski definition) is 1. The van der Waals surface area contributed by atoms with Crippen molar-refractivity contribution in [2.45, 2.75) is 24.9 Å². The topological polar surface area (TPSA) is 63.1 Å². The monoisotopic (exact) mass is 244 g/mol. The summed E-state index contributed by atoms with van der Waals surface area (Å²) in [5, 5.41) is 9.23. The lowest BCUT2D eigenvalue weighted by Crippen LogP contribution is -2.54. The van der Waals surface area contributed by atoms with Gasteiger partial charge in [-0.2, -0.15) is 5.26 Å². The van der Waals surface area contributed by atoms with Gasteiger partial charge in [-0.1, -0.05) is 0 Å². The van der Waals surface area contributed by atoms with Gasteiger partial charge in [0, 0.05) is 25.3 Å². The molecule has 5 heteroatoms. The average Bonchev–Trinajstić information content (AvgIpc) is 3.11. The highest BCUT2D eigenvalue weighted by molar-refractivity contribution is 5.92. The quantitative estimate of drug-likeness (QED) is 0.838. The van der Waals surface area contributed by atoms with Crippen LogP contribution in [0, 0.1) is 11.3 Å². The van der Waals surface area contributed by atoms with E-state index < -0.39 is 0 Å². The minimum Gasteiger partial charge on any atom is -0.357 e. The minimum atomic E-state index is -0.148. The normalized spacial score (nSPS) is 24.8. The highest BCUT2D eigenvalue weighted by atomic mass is 16.2. The number of aromatic amines is 1. The van der Waals surface area contributed by atoms with E-state index in [1.54, 1.807) is 17.2 Å². The molecule has 2 heterocycles. The molecule has 1 atom stereocenters. The number of nitrogens with zero attached hydrogens (tertiary/aromatic N) is 3. The van der Waals surface area contributed by atoms with Crippen LogP contribution >= 0.6 is 0 Å². The van der Waals surface area contributed by atoms with Crippen molar-refractivity contribution in [2.75, 3.05) is 19.6 Å². The fraction of sp³-hybridized carbons (Fsp3) is 0.538. The van der Waals surface area contributed by atoms with Gasteiger partial charge in [0.25, 0.3) is 5.91 Å².